The van der Waals surface area contributed by atoms with Crippen LogP contribution in [0.15, 0.2) is 68.0 Å². The molecule has 6 aromatic heterocycles. The molecule has 6 heterocycles. The first-order valence-corrected chi connectivity index (χ1v) is 9.69. The molecule has 0 radical (unpaired) electrons. The van der Waals surface area contributed by atoms with Crippen LogP contribution >= 0.6 is 0 Å². The average molecular weight is 394 g/mol. The smallest absolute Gasteiger partial charge is 0.0966 e. The Kier molecular flexibility index (Phi) is 3.64. The van der Waals surface area contributed by atoms with Crippen molar-refractivity contribution in [2.45, 2.75) is 13.1 Å². The van der Waals surface area contributed by atoms with Crippen LogP contribution in [0.1, 0.15) is 11.1 Å². The zero-order chi connectivity index (χ0) is 20.1. The van der Waals surface area contributed by atoms with Crippen LogP contribution < -0.4 is 0 Å². The van der Waals surface area contributed by atoms with Crippen LogP contribution in [-0.2, 0) is 20.1 Å². The fourth-order valence-electron chi connectivity index (χ4n) is 4.06. The molecule has 0 saturated heterocycles. The van der Waals surface area contributed by atoms with Crippen molar-refractivity contribution in [2.75, 3.05) is 0 Å². The minimum Gasteiger partial charge on any atom is -0.343 e. The van der Waals surface area contributed by atoms with E-state index in [9.17, 15) is 0 Å². The lowest BCUT2D eigenvalue weighted by molar-refractivity contribution is 0.795. The van der Waals surface area contributed by atoms with Crippen LogP contribution in [0, 0.1) is 0 Å². The highest BCUT2D eigenvalue weighted by atomic mass is 15.2. The van der Waals surface area contributed by atoms with Gasteiger partial charge in [-0.25, -0.2) is 4.98 Å². The standard InChI is InChI=1S/C22H18N8/c1-28-20-10-24-7-16(18(20)9-27-28)12-30-14-26-22-17(8-25-11-21(22)30)13-29-5-3-15-6-23-4-2-19(15)29/h2-11,14H,12-13H2,1H3. The summed E-state index contributed by atoms with van der Waals surface area (Å²) in [6, 6.07) is 4.11. The molecule has 0 atom stereocenters. The third kappa shape index (κ3) is 2.57. The molecule has 0 fully saturated rings. The van der Waals surface area contributed by atoms with Crippen molar-refractivity contribution in [3.05, 3.63) is 79.2 Å². The number of aromatic nitrogens is 8. The Morgan fingerprint density at radius 3 is 2.53 bits per heavy atom. The summed E-state index contributed by atoms with van der Waals surface area (Å²) >= 11 is 0. The predicted molar refractivity (Wildman–Crippen MR) is 114 cm³/mol. The third-order valence-electron chi connectivity index (χ3n) is 5.62. The number of hydrogen-bond acceptors (Lipinski definition) is 5. The first-order chi connectivity index (χ1) is 14.8. The molecular formula is C22H18N8. The van der Waals surface area contributed by atoms with Crippen LogP contribution in [0.3, 0.4) is 0 Å². The molecule has 30 heavy (non-hydrogen) atoms. The SMILES string of the molecule is Cn1ncc2c(Cn3cnc4c(Cn5ccc6cnccc65)cncc43)cncc21. The highest BCUT2D eigenvalue weighted by Gasteiger charge is 2.12. The lowest BCUT2D eigenvalue weighted by Gasteiger charge is -2.08. The van der Waals surface area contributed by atoms with Gasteiger partial charge in [0.2, 0.25) is 0 Å². The maximum absolute atomic E-state index is 4.72. The molecule has 0 N–H and O–H groups in total. The van der Waals surface area contributed by atoms with Crippen LogP contribution in [0.5, 0.6) is 0 Å². The number of hydrogen-bond donors (Lipinski definition) is 0. The highest BCUT2D eigenvalue weighted by Crippen LogP contribution is 2.23. The normalized spacial score (nSPS) is 11.8. The number of nitrogens with zero attached hydrogens (tertiary/aromatic N) is 8. The van der Waals surface area contributed by atoms with Crippen molar-refractivity contribution in [3.8, 4) is 0 Å². The second kappa shape index (κ2) is 6.48. The Morgan fingerprint density at radius 2 is 1.60 bits per heavy atom. The molecule has 6 rings (SSSR count). The molecular weight excluding hydrogens is 376 g/mol. The van der Waals surface area contributed by atoms with Gasteiger partial charge < -0.3 is 9.13 Å². The fourth-order valence-corrected chi connectivity index (χ4v) is 4.06. The number of imidazole rings is 1. The van der Waals surface area contributed by atoms with Gasteiger partial charge in [-0.2, -0.15) is 5.10 Å². The molecule has 6 aromatic rings. The molecule has 0 aliphatic rings. The first-order valence-electron chi connectivity index (χ1n) is 9.69. The monoisotopic (exact) mass is 394 g/mol. The van der Waals surface area contributed by atoms with Gasteiger partial charge in [-0.1, -0.05) is 0 Å². The van der Waals surface area contributed by atoms with Crippen LogP contribution in [-0.4, -0.2) is 38.9 Å². The summed E-state index contributed by atoms with van der Waals surface area (Å²) in [5, 5.41) is 6.59. The Labute approximate surface area is 171 Å². The summed E-state index contributed by atoms with van der Waals surface area (Å²) in [5.74, 6) is 0. The average Bonchev–Trinajstić information content (AvgIpc) is 3.48. The van der Waals surface area contributed by atoms with Crippen molar-refractivity contribution in [2.24, 2.45) is 7.05 Å². The lowest BCUT2D eigenvalue weighted by atomic mass is 10.2. The topological polar surface area (TPSA) is 79.2 Å². The Balaban J connectivity index is 1.39. The Hall–Kier alpha value is -4.07. The number of rotatable bonds is 4. The van der Waals surface area contributed by atoms with Gasteiger partial charge in [0.15, 0.2) is 0 Å². The van der Waals surface area contributed by atoms with Crippen molar-refractivity contribution in [1.29, 1.82) is 0 Å². The molecule has 0 aromatic carbocycles. The van der Waals surface area contributed by atoms with Crippen LogP contribution in [0.2, 0.25) is 0 Å². The van der Waals surface area contributed by atoms with E-state index in [0.717, 1.165) is 44.0 Å². The second-order valence-corrected chi connectivity index (χ2v) is 7.42. The number of pyridine rings is 3. The first kappa shape index (κ1) is 16.8. The van der Waals surface area contributed by atoms with E-state index < -0.39 is 0 Å². The molecule has 146 valence electrons. The number of aryl methyl sites for hydroxylation is 1. The van der Waals surface area contributed by atoms with Gasteiger partial charge in [-0.15, -0.1) is 0 Å². The molecule has 0 bridgehead atoms. The van der Waals surface area contributed by atoms with E-state index in [1.807, 2.05) is 67.5 Å². The van der Waals surface area contributed by atoms with E-state index in [-0.39, 0.29) is 0 Å². The quantitative estimate of drug-likeness (QED) is 0.459. The van der Waals surface area contributed by atoms with Crippen LogP contribution in [0.25, 0.3) is 32.8 Å². The third-order valence-corrected chi connectivity index (χ3v) is 5.62. The van der Waals surface area contributed by atoms with Crippen LogP contribution in [0.4, 0.5) is 0 Å². The zero-order valence-corrected chi connectivity index (χ0v) is 16.3. The van der Waals surface area contributed by atoms with E-state index in [1.165, 1.54) is 0 Å². The molecule has 0 saturated carbocycles. The summed E-state index contributed by atoms with van der Waals surface area (Å²) in [5.41, 5.74) is 6.33. The van der Waals surface area contributed by atoms with Gasteiger partial charge in [0, 0.05) is 59.9 Å². The molecule has 0 aliphatic carbocycles. The van der Waals surface area contributed by atoms with Gasteiger partial charge >= 0.3 is 0 Å². The summed E-state index contributed by atoms with van der Waals surface area (Å²) < 4.78 is 6.16. The fraction of sp³-hybridized carbons (Fsp3) is 0.136. The minimum atomic E-state index is 0.662. The van der Waals surface area contributed by atoms with E-state index >= 15 is 0 Å². The van der Waals surface area contributed by atoms with Gasteiger partial charge in [0.25, 0.3) is 0 Å². The van der Waals surface area contributed by atoms with Crippen molar-refractivity contribution >= 4 is 32.8 Å². The van der Waals surface area contributed by atoms with Crippen molar-refractivity contribution in [1.82, 2.24) is 38.9 Å². The highest BCUT2D eigenvalue weighted by molar-refractivity contribution is 5.82. The minimum absolute atomic E-state index is 0.662. The van der Waals surface area contributed by atoms with E-state index in [2.05, 4.69) is 41.4 Å². The maximum Gasteiger partial charge on any atom is 0.0966 e. The Bertz CT molecular complexity index is 1520. The lowest BCUT2D eigenvalue weighted by Crippen LogP contribution is -2.02. The molecule has 0 amide bonds. The van der Waals surface area contributed by atoms with Gasteiger partial charge in [-0.3, -0.25) is 19.6 Å². The molecule has 8 nitrogen and oxygen atoms in total. The van der Waals surface area contributed by atoms with Gasteiger partial charge in [-0.05, 0) is 12.1 Å². The largest absolute Gasteiger partial charge is 0.343 e. The molecule has 0 aliphatic heterocycles. The zero-order valence-electron chi connectivity index (χ0n) is 16.3. The summed E-state index contributed by atoms with van der Waals surface area (Å²) in [4.78, 5) is 17.8. The van der Waals surface area contributed by atoms with Gasteiger partial charge in [0.05, 0.1) is 60.1 Å². The summed E-state index contributed by atoms with van der Waals surface area (Å²) in [7, 11) is 1.93. The molecule has 0 spiro atoms. The number of fused-ring (bicyclic) bond motifs is 3. The summed E-state index contributed by atoms with van der Waals surface area (Å²) in [6.07, 6.45) is 17.1. The summed E-state index contributed by atoms with van der Waals surface area (Å²) in [6.45, 7) is 1.37. The van der Waals surface area contributed by atoms with Gasteiger partial charge in [0.1, 0.15) is 0 Å². The molecule has 0 unspecified atom stereocenters. The van der Waals surface area contributed by atoms with E-state index in [4.69, 9.17) is 4.98 Å². The second-order valence-electron chi connectivity index (χ2n) is 7.42. The van der Waals surface area contributed by atoms with E-state index in [1.54, 1.807) is 0 Å². The van der Waals surface area contributed by atoms with Crippen molar-refractivity contribution < 1.29 is 0 Å². The van der Waals surface area contributed by atoms with Crippen molar-refractivity contribution in [3.63, 3.8) is 0 Å². The van der Waals surface area contributed by atoms with E-state index in [0.29, 0.717) is 13.1 Å². The maximum atomic E-state index is 4.72. The Morgan fingerprint density at radius 1 is 0.767 bits per heavy atom. The predicted octanol–water partition coefficient (Wildman–Crippen LogP) is 3.16. The molecule has 8 heteroatoms.